The van der Waals surface area contributed by atoms with Gasteiger partial charge in [-0.1, -0.05) is 63.3 Å². The van der Waals surface area contributed by atoms with Gasteiger partial charge in [-0.25, -0.2) is 0 Å². The van der Waals surface area contributed by atoms with Crippen LogP contribution in [-0.4, -0.2) is 18.3 Å². The second kappa shape index (κ2) is 5.68. The molecule has 1 N–H and O–H groups in total. The van der Waals surface area contributed by atoms with E-state index in [0.29, 0.717) is 0 Å². The van der Waals surface area contributed by atoms with Crippen molar-refractivity contribution in [1.29, 1.82) is 0 Å². The maximum Gasteiger partial charge on any atom is 0.126 e. The number of aliphatic hydroxyl groups is 1. The van der Waals surface area contributed by atoms with E-state index >= 15 is 0 Å². The summed E-state index contributed by atoms with van der Waals surface area (Å²) in [7, 11) is 1.65. The van der Waals surface area contributed by atoms with Crippen molar-refractivity contribution >= 4 is 5.57 Å². The van der Waals surface area contributed by atoms with Gasteiger partial charge in [-0.15, -0.1) is 0 Å². The molecule has 0 aliphatic heterocycles. The van der Waals surface area contributed by atoms with Crippen LogP contribution in [-0.2, 0) is 0 Å². The standard InChI is InChI=1S/C18H22O2/c1-18(2,3)15-11-7-5-10-14(17(15)19)13-9-6-8-12-16(13)20-4/h5-12,17,19H,1-4H3. The van der Waals surface area contributed by atoms with E-state index in [1.165, 1.54) is 0 Å². The lowest BCUT2D eigenvalue weighted by atomic mass is 9.79. The molecule has 0 aromatic heterocycles. The van der Waals surface area contributed by atoms with Gasteiger partial charge in [0.05, 0.1) is 7.11 Å². The number of methoxy groups -OCH3 is 1. The minimum atomic E-state index is -0.624. The van der Waals surface area contributed by atoms with E-state index in [-0.39, 0.29) is 5.41 Å². The summed E-state index contributed by atoms with van der Waals surface area (Å²) >= 11 is 0. The molecule has 2 heteroatoms. The molecule has 20 heavy (non-hydrogen) atoms. The van der Waals surface area contributed by atoms with E-state index < -0.39 is 6.10 Å². The number of allylic oxidation sites excluding steroid dienone is 4. The Labute approximate surface area is 121 Å². The zero-order chi connectivity index (χ0) is 14.8. The van der Waals surface area contributed by atoms with Gasteiger partial charge in [0.1, 0.15) is 11.9 Å². The van der Waals surface area contributed by atoms with Gasteiger partial charge in [-0.3, -0.25) is 0 Å². The molecule has 1 aromatic rings. The van der Waals surface area contributed by atoms with Crippen LogP contribution in [0.1, 0.15) is 26.3 Å². The summed E-state index contributed by atoms with van der Waals surface area (Å²) in [5.41, 5.74) is 2.72. The van der Waals surface area contributed by atoms with Crippen molar-refractivity contribution in [3.8, 4) is 5.75 Å². The van der Waals surface area contributed by atoms with Crippen molar-refractivity contribution in [3.63, 3.8) is 0 Å². The highest BCUT2D eigenvalue weighted by atomic mass is 16.5. The largest absolute Gasteiger partial charge is 0.496 e. The Bertz CT molecular complexity index is 571. The first-order valence-electron chi connectivity index (χ1n) is 6.85. The van der Waals surface area contributed by atoms with E-state index in [0.717, 1.165) is 22.5 Å². The van der Waals surface area contributed by atoms with Crippen LogP contribution in [0.5, 0.6) is 5.75 Å². The second-order valence-corrected chi connectivity index (χ2v) is 5.98. The lowest BCUT2D eigenvalue weighted by molar-refractivity contribution is 0.237. The second-order valence-electron chi connectivity index (χ2n) is 5.98. The van der Waals surface area contributed by atoms with Crippen LogP contribution in [0.2, 0.25) is 0 Å². The molecular weight excluding hydrogens is 248 g/mol. The minimum absolute atomic E-state index is 0.0881. The highest BCUT2D eigenvalue weighted by Crippen LogP contribution is 2.38. The number of rotatable bonds is 2. The van der Waals surface area contributed by atoms with Gasteiger partial charge in [0, 0.05) is 5.56 Å². The lowest BCUT2D eigenvalue weighted by Gasteiger charge is -2.28. The van der Waals surface area contributed by atoms with Gasteiger partial charge < -0.3 is 9.84 Å². The van der Waals surface area contributed by atoms with Crippen LogP contribution < -0.4 is 4.74 Å². The maximum atomic E-state index is 10.8. The maximum absolute atomic E-state index is 10.8. The monoisotopic (exact) mass is 270 g/mol. The fourth-order valence-corrected chi connectivity index (χ4v) is 2.45. The quantitative estimate of drug-likeness (QED) is 0.880. The average Bonchev–Trinajstić information content (AvgIpc) is 2.60. The molecule has 1 aliphatic carbocycles. The molecular formula is C18H22O2. The highest BCUT2D eigenvalue weighted by molar-refractivity contribution is 5.77. The summed E-state index contributed by atoms with van der Waals surface area (Å²) in [5.74, 6) is 0.779. The predicted molar refractivity (Wildman–Crippen MR) is 83.7 cm³/mol. The molecule has 0 bridgehead atoms. The first-order chi connectivity index (χ1) is 9.45. The average molecular weight is 270 g/mol. The highest BCUT2D eigenvalue weighted by Gasteiger charge is 2.28. The predicted octanol–water partition coefficient (Wildman–Crippen LogP) is 3.98. The number of ether oxygens (including phenoxy) is 1. The van der Waals surface area contributed by atoms with Crippen molar-refractivity contribution < 1.29 is 9.84 Å². The Morgan fingerprint density at radius 2 is 1.70 bits per heavy atom. The zero-order valence-corrected chi connectivity index (χ0v) is 12.6. The molecule has 0 fully saturated rings. The van der Waals surface area contributed by atoms with Gasteiger partial charge >= 0.3 is 0 Å². The van der Waals surface area contributed by atoms with Crippen LogP contribution >= 0.6 is 0 Å². The molecule has 1 aromatic carbocycles. The summed E-state index contributed by atoms with van der Waals surface area (Å²) in [6.45, 7) is 6.34. The van der Waals surface area contributed by atoms with Crippen LogP contribution in [0.15, 0.2) is 54.1 Å². The van der Waals surface area contributed by atoms with Gasteiger partial charge in [0.15, 0.2) is 0 Å². The molecule has 2 rings (SSSR count). The number of aliphatic hydroxyl groups excluding tert-OH is 1. The molecule has 1 unspecified atom stereocenters. The SMILES string of the molecule is COc1ccccc1C1=CC=CC=C(C(C)(C)C)C1O. The third kappa shape index (κ3) is 2.86. The van der Waals surface area contributed by atoms with Gasteiger partial charge in [-0.2, -0.15) is 0 Å². The Kier molecular flexibility index (Phi) is 4.15. The Hall–Kier alpha value is -1.80. The zero-order valence-electron chi connectivity index (χ0n) is 12.6. The van der Waals surface area contributed by atoms with E-state index in [9.17, 15) is 5.11 Å². The number of para-hydroxylation sites is 1. The Morgan fingerprint density at radius 1 is 1.05 bits per heavy atom. The van der Waals surface area contributed by atoms with Crippen molar-refractivity contribution in [3.05, 3.63) is 59.7 Å². The van der Waals surface area contributed by atoms with Crippen molar-refractivity contribution in [1.82, 2.24) is 0 Å². The first-order valence-corrected chi connectivity index (χ1v) is 6.85. The fraction of sp³-hybridized carbons (Fsp3) is 0.333. The van der Waals surface area contributed by atoms with Crippen molar-refractivity contribution in [2.24, 2.45) is 5.41 Å². The topological polar surface area (TPSA) is 29.5 Å². The fourth-order valence-electron chi connectivity index (χ4n) is 2.45. The van der Waals surface area contributed by atoms with Gasteiger partial charge in [-0.05, 0) is 22.6 Å². The van der Waals surface area contributed by atoms with Crippen molar-refractivity contribution in [2.45, 2.75) is 26.9 Å². The third-order valence-corrected chi connectivity index (χ3v) is 3.54. The number of hydrogen-bond acceptors (Lipinski definition) is 2. The Balaban J connectivity index is 2.50. The normalized spacial score (nSPS) is 19.1. The van der Waals surface area contributed by atoms with Crippen LogP contribution in [0.25, 0.3) is 5.57 Å². The third-order valence-electron chi connectivity index (χ3n) is 3.54. The van der Waals surface area contributed by atoms with E-state index in [2.05, 4.69) is 20.8 Å². The van der Waals surface area contributed by atoms with Crippen LogP contribution in [0.3, 0.4) is 0 Å². The Morgan fingerprint density at radius 3 is 2.35 bits per heavy atom. The molecule has 0 saturated carbocycles. The van der Waals surface area contributed by atoms with E-state index in [4.69, 9.17) is 4.74 Å². The van der Waals surface area contributed by atoms with Crippen LogP contribution in [0, 0.1) is 5.41 Å². The van der Waals surface area contributed by atoms with Gasteiger partial charge in [0.25, 0.3) is 0 Å². The molecule has 0 radical (unpaired) electrons. The molecule has 2 nitrogen and oxygen atoms in total. The van der Waals surface area contributed by atoms with Crippen LogP contribution in [0.4, 0.5) is 0 Å². The first kappa shape index (κ1) is 14.6. The van der Waals surface area contributed by atoms with Gasteiger partial charge in [0.2, 0.25) is 0 Å². The summed E-state index contributed by atoms with van der Waals surface area (Å²) in [6.07, 6.45) is 7.28. The lowest BCUT2D eigenvalue weighted by Crippen LogP contribution is -2.23. The molecule has 0 heterocycles. The molecule has 106 valence electrons. The molecule has 1 aliphatic rings. The molecule has 0 amide bonds. The molecule has 1 atom stereocenters. The van der Waals surface area contributed by atoms with E-state index in [1.807, 2.05) is 48.6 Å². The minimum Gasteiger partial charge on any atom is -0.496 e. The summed E-state index contributed by atoms with van der Waals surface area (Å²) < 4.78 is 5.41. The van der Waals surface area contributed by atoms with E-state index in [1.54, 1.807) is 7.11 Å². The smallest absolute Gasteiger partial charge is 0.126 e. The summed E-state index contributed by atoms with van der Waals surface area (Å²) in [4.78, 5) is 0. The molecule has 0 spiro atoms. The summed E-state index contributed by atoms with van der Waals surface area (Å²) in [5, 5.41) is 10.8. The number of benzene rings is 1. The van der Waals surface area contributed by atoms with Crippen molar-refractivity contribution in [2.75, 3.05) is 7.11 Å². The molecule has 0 saturated heterocycles. The number of hydrogen-bond donors (Lipinski definition) is 1. The summed E-state index contributed by atoms with van der Waals surface area (Å²) in [6, 6.07) is 7.79.